The fraction of sp³-hybridized carbons (Fsp3) is 0.571. The van der Waals surface area contributed by atoms with E-state index in [2.05, 4.69) is 18.5 Å². The van der Waals surface area contributed by atoms with E-state index in [1.54, 1.807) is 21.3 Å². The van der Waals surface area contributed by atoms with Crippen LogP contribution in [0, 0.1) is 0 Å². The van der Waals surface area contributed by atoms with Crippen LogP contribution in [0.3, 0.4) is 0 Å². The van der Waals surface area contributed by atoms with Gasteiger partial charge in [0, 0.05) is 30.5 Å². The molecule has 0 radical (unpaired) electrons. The number of nitrogens with one attached hydrogen (secondary N) is 1. The number of hydrogen-bond acceptors (Lipinski definition) is 5. The van der Waals surface area contributed by atoms with Crippen LogP contribution in [-0.4, -0.2) is 39.4 Å². The summed E-state index contributed by atoms with van der Waals surface area (Å²) in [7, 11) is 4.94. The van der Waals surface area contributed by atoms with Gasteiger partial charge in [-0.2, -0.15) is 11.8 Å². The van der Waals surface area contributed by atoms with E-state index in [0.717, 1.165) is 28.6 Å². The second-order valence-corrected chi connectivity index (χ2v) is 5.16. The second kappa shape index (κ2) is 8.17. The summed E-state index contributed by atoms with van der Waals surface area (Å²) < 4.78 is 16.1. The molecule has 0 fully saturated rings. The Morgan fingerprint density at radius 2 is 1.68 bits per heavy atom. The molecule has 0 aromatic heterocycles. The van der Waals surface area contributed by atoms with Crippen molar-refractivity contribution in [2.45, 2.75) is 19.5 Å². The largest absolute Gasteiger partial charge is 0.496 e. The first-order valence-electron chi connectivity index (χ1n) is 6.17. The van der Waals surface area contributed by atoms with Crippen molar-refractivity contribution in [2.75, 3.05) is 33.3 Å². The lowest BCUT2D eigenvalue weighted by Gasteiger charge is -2.18. The monoisotopic (exact) mass is 285 g/mol. The molecule has 19 heavy (non-hydrogen) atoms. The molecule has 0 aliphatic carbocycles. The highest BCUT2D eigenvalue weighted by Crippen LogP contribution is 2.33. The van der Waals surface area contributed by atoms with Gasteiger partial charge in [-0.3, -0.25) is 0 Å². The average Bonchev–Trinajstić information content (AvgIpc) is 2.44. The topological polar surface area (TPSA) is 39.7 Å². The van der Waals surface area contributed by atoms with Gasteiger partial charge in [-0.15, -0.1) is 0 Å². The van der Waals surface area contributed by atoms with Crippen LogP contribution in [0.25, 0.3) is 0 Å². The fourth-order valence-corrected chi connectivity index (χ4v) is 2.46. The smallest absolute Gasteiger partial charge is 0.130 e. The summed E-state index contributed by atoms with van der Waals surface area (Å²) >= 11 is 1.83. The van der Waals surface area contributed by atoms with Gasteiger partial charge in [0.25, 0.3) is 0 Å². The van der Waals surface area contributed by atoms with E-state index in [4.69, 9.17) is 14.2 Å². The lowest BCUT2D eigenvalue weighted by Crippen LogP contribution is -2.27. The Bertz CT molecular complexity index is 373. The summed E-state index contributed by atoms with van der Waals surface area (Å²) in [5.41, 5.74) is 1.01. The van der Waals surface area contributed by atoms with Gasteiger partial charge in [0.15, 0.2) is 0 Å². The summed E-state index contributed by atoms with van der Waals surface area (Å²) in [5, 5.41) is 3.47. The predicted octanol–water partition coefficient (Wildman–Crippen LogP) is 2.55. The Morgan fingerprint density at radius 1 is 1.11 bits per heavy atom. The highest BCUT2D eigenvalue weighted by atomic mass is 32.2. The van der Waals surface area contributed by atoms with E-state index in [9.17, 15) is 0 Å². The molecule has 1 unspecified atom stereocenters. The van der Waals surface area contributed by atoms with Crippen LogP contribution in [-0.2, 0) is 6.54 Å². The van der Waals surface area contributed by atoms with E-state index >= 15 is 0 Å². The first kappa shape index (κ1) is 16.0. The molecule has 0 aliphatic rings. The zero-order chi connectivity index (χ0) is 14.3. The minimum atomic E-state index is 0.437. The normalized spacial score (nSPS) is 12.1. The highest BCUT2D eigenvalue weighted by Gasteiger charge is 2.13. The van der Waals surface area contributed by atoms with Gasteiger partial charge in [-0.05, 0) is 13.2 Å². The molecule has 0 saturated carbocycles. The molecule has 1 rings (SSSR count). The quantitative estimate of drug-likeness (QED) is 0.795. The number of hydrogen-bond donors (Lipinski definition) is 1. The summed E-state index contributed by atoms with van der Waals surface area (Å²) in [6.45, 7) is 2.87. The van der Waals surface area contributed by atoms with E-state index in [1.807, 2.05) is 23.9 Å². The molecule has 5 heteroatoms. The third-order valence-electron chi connectivity index (χ3n) is 2.86. The molecule has 0 saturated heterocycles. The Balaban J connectivity index is 2.90. The van der Waals surface area contributed by atoms with Crippen LogP contribution in [0.1, 0.15) is 12.5 Å². The molecule has 4 nitrogen and oxygen atoms in total. The van der Waals surface area contributed by atoms with Gasteiger partial charge in [-0.25, -0.2) is 0 Å². The number of rotatable bonds is 8. The summed E-state index contributed by atoms with van der Waals surface area (Å²) in [6, 6.07) is 4.18. The van der Waals surface area contributed by atoms with Crippen molar-refractivity contribution in [1.82, 2.24) is 5.32 Å². The molecule has 0 aliphatic heterocycles. The van der Waals surface area contributed by atoms with Gasteiger partial charge in [0.05, 0.1) is 26.9 Å². The SMILES string of the molecule is COc1cc(OC)c(CNC(C)CSC)c(OC)c1. The van der Waals surface area contributed by atoms with Crippen molar-refractivity contribution in [2.24, 2.45) is 0 Å². The Hall–Kier alpha value is -1.07. The van der Waals surface area contributed by atoms with Gasteiger partial charge in [-0.1, -0.05) is 0 Å². The van der Waals surface area contributed by atoms with E-state index in [1.165, 1.54) is 0 Å². The van der Waals surface area contributed by atoms with Crippen LogP contribution in [0.15, 0.2) is 12.1 Å². The molecular weight excluding hydrogens is 262 g/mol. The summed E-state index contributed by atoms with van der Waals surface area (Å²) in [5.74, 6) is 3.36. The van der Waals surface area contributed by atoms with Crippen LogP contribution < -0.4 is 19.5 Å². The van der Waals surface area contributed by atoms with Crippen molar-refractivity contribution in [1.29, 1.82) is 0 Å². The molecular formula is C14H23NO3S. The van der Waals surface area contributed by atoms with Crippen molar-refractivity contribution in [3.63, 3.8) is 0 Å². The zero-order valence-electron chi connectivity index (χ0n) is 12.3. The number of ether oxygens (including phenoxy) is 3. The number of benzene rings is 1. The zero-order valence-corrected chi connectivity index (χ0v) is 13.1. The second-order valence-electron chi connectivity index (χ2n) is 4.25. The average molecular weight is 285 g/mol. The minimum Gasteiger partial charge on any atom is -0.496 e. The van der Waals surface area contributed by atoms with Crippen molar-refractivity contribution in [3.8, 4) is 17.2 Å². The Morgan fingerprint density at radius 3 is 2.11 bits per heavy atom. The lowest BCUT2D eigenvalue weighted by atomic mass is 10.1. The van der Waals surface area contributed by atoms with Crippen LogP contribution >= 0.6 is 11.8 Å². The Kier molecular flexibility index (Phi) is 6.87. The lowest BCUT2D eigenvalue weighted by molar-refractivity contribution is 0.365. The van der Waals surface area contributed by atoms with Gasteiger partial charge >= 0.3 is 0 Å². The third kappa shape index (κ3) is 4.51. The number of thioether (sulfide) groups is 1. The van der Waals surface area contributed by atoms with E-state index in [0.29, 0.717) is 12.6 Å². The maximum Gasteiger partial charge on any atom is 0.130 e. The first-order valence-corrected chi connectivity index (χ1v) is 7.56. The summed E-state index contributed by atoms with van der Waals surface area (Å²) in [4.78, 5) is 0. The van der Waals surface area contributed by atoms with Crippen LogP contribution in [0.4, 0.5) is 0 Å². The molecule has 0 spiro atoms. The van der Waals surface area contributed by atoms with Crippen LogP contribution in [0.2, 0.25) is 0 Å². The highest BCUT2D eigenvalue weighted by molar-refractivity contribution is 7.98. The van der Waals surface area contributed by atoms with Crippen molar-refractivity contribution >= 4 is 11.8 Å². The summed E-state index contributed by atoms with van der Waals surface area (Å²) in [6.07, 6.45) is 2.10. The van der Waals surface area contributed by atoms with Gasteiger partial charge in [0.1, 0.15) is 17.2 Å². The molecule has 1 atom stereocenters. The molecule has 0 bridgehead atoms. The fourth-order valence-electron chi connectivity index (χ4n) is 1.84. The van der Waals surface area contributed by atoms with E-state index in [-0.39, 0.29) is 0 Å². The van der Waals surface area contributed by atoms with Gasteiger partial charge in [0.2, 0.25) is 0 Å². The standard InChI is InChI=1S/C14H23NO3S/c1-10(9-19-5)15-8-12-13(17-3)6-11(16-2)7-14(12)18-4/h6-7,10,15H,8-9H2,1-5H3. The molecule has 0 amide bonds. The first-order chi connectivity index (χ1) is 9.15. The van der Waals surface area contributed by atoms with Crippen molar-refractivity contribution < 1.29 is 14.2 Å². The van der Waals surface area contributed by atoms with Crippen molar-refractivity contribution in [3.05, 3.63) is 17.7 Å². The number of methoxy groups -OCH3 is 3. The minimum absolute atomic E-state index is 0.437. The van der Waals surface area contributed by atoms with Gasteiger partial charge < -0.3 is 19.5 Å². The van der Waals surface area contributed by atoms with E-state index < -0.39 is 0 Å². The maximum absolute atomic E-state index is 5.42. The molecule has 108 valence electrons. The molecule has 1 aromatic carbocycles. The molecule has 0 heterocycles. The molecule has 1 aromatic rings. The maximum atomic E-state index is 5.42. The van der Waals surface area contributed by atoms with Crippen LogP contribution in [0.5, 0.6) is 17.2 Å². The third-order valence-corrected chi connectivity index (χ3v) is 3.69. The molecule has 1 N–H and O–H groups in total. The Labute approximate surface area is 119 Å². The predicted molar refractivity (Wildman–Crippen MR) is 80.8 cm³/mol.